The van der Waals surface area contributed by atoms with Crippen LogP contribution in [-0.4, -0.2) is 128 Å². The summed E-state index contributed by atoms with van der Waals surface area (Å²) in [5, 5.41) is 9.40. The van der Waals surface area contributed by atoms with Gasteiger partial charge in [-0.25, -0.2) is 16.0 Å². The number of aryl methyl sites for hydroxylation is 1. The number of ketones is 1. The number of Topliss-reactive ketones (excluding diaryl/α,β-unsaturated/α-hetero) is 1. The van der Waals surface area contributed by atoms with Crippen LogP contribution in [0.1, 0.15) is 46.4 Å². The molecule has 0 aliphatic carbocycles. The summed E-state index contributed by atoms with van der Waals surface area (Å²) < 4.78 is 59.2. The van der Waals surface area contributed by atoms with Crippen LogP contribution in [0.5, 0.6) is 0 Å². The number of carbonyl (C=O) groups is 1. The SMILES string of the molecule is [C-]#[N+]CCOP(O[C@H]1[C@@H](OCCOC)[C@H](n2cc(C)c(=O)[nH]c2=O)O[C@@H]1[C@H](CP(C)(=O)OCC)OCC(=O)CO)N(C(C)C)C(C)C. The van der Waals surface area contributed by atoms with E-state index in [1.165, 1.54) is 31.5 Å². The van der Waals surface area contributed by atoms with Gasteiger partial charge in [0, 0.05) is 37.6 Å². The summed E-state index contributed by atoms with van der Waals surface area (Å²) >= 11 is 0. The Morgan fingerprint density at radius 3 is 2.47 bits per heavy atom. The highest BCUT2D eigenvalue weighted by molar-refractivity contribution is 7.58. The number of aliphatic hydroxyl groups excluding tert-OH is 1. The number of hydrogen-bond acceptors (Lipinski definition) is 13. The highest BCUT2D eigenvalue weighted by atomic mass is 31.2. The molecule has 0 aromatic carbocycles. The van der Waals surface area contributed by atoms with E-state index in [4.69, 9.17) is 39.1 Å². The highest BCUT2D eigenvalue weighted by Gasteiger charge is 2.54. The summed E-state index contributed by atoms with van der Waals surface area (Å²) in [4.78, 5) is 43.3. The molecule has 0 radical (unpaired) electrons. The van der Waals surface area contributed by atoms with Crippen molar-refractivity contribution in [3.63, 3.8) is 0 Å². The lowest BCUT2D eigenvalue weighted by molar-refractivity contribution is -0.135. The maximum absolute atomic E-state index is 13.5. The number of nitrogens with one attached hydrogen (secondary N) is 1. The van der Waals surface area contributed by atoms with E-state index in [1.807, 2.05) is 32.4 Å². The zero-order valence-corrected chi connectivity index (χ0v) is 30.2. The molecule has 1 aromatic rings. The van der Waals surface area contributed by atoms with E-state index >= 15 is 0 Å². The van der Waals surface area contributed by atoms with Gasteiger partial charge in [0.15, 0.2) is 12.0 Å². The fraction of sp³-hybridized carbons (Fsp3) is 0.793. The predicted molar refractivity (Wildman–Crippen MR) is 175 cm³/mol. The molecule has 268 valence electrons. The first-order valence-electron chi connectivity index (χ1n) is 15.5. The van der Waals surface area contributed by atoms with E-state index in [0.29, 0.717) is 0 Å². The molecule has 1 aliphatic rings. The quantitative estimate of drug-likeness (QED) is 0.102. The zero-order valence-electron chi connectivity index (χ0n) is 28.4. The van der Waals surface area contributed by atoms with Crippen molar-refractivity contribution in [3.8, 4) is 0 Å². The Morgan fingerprint density at radius 1 is 1.21 bits per heavy atom. The molecular weight excluding hydrogens is 658 g/mol. The third-order valence-corrected chi connectivity index (χ3v) is 11.0. The Bertz CT molecular complexity index is 1330. The highest BCUT2D eigenvalue weighted by Crippen LogP contribution is 2.52. The average Bonchev–Trinajstić information content (AvgIpc) is 3.34. The van der Waals surface area contributed by atoms with Crippen molar-refractivity contribution in [1.29, 1.82) is 0 Å². The molecule has 18 heteroatoms. The topological polar surface area (TPSA) is 181 Å². The third-order valence-electron chi connectivity index (χ3n) is 7.02. The molecule has 1 saturated heterocycles. The molecule has 47 heavy (non-hydrogen) atoms. The van der Waals surface area contributed by atoms with Gasteiger partial charge in [0.1, 0.15) is 38.1 Å². The van der Waals surface area contributed by atoms with Crippen molar-refractivity contribution >= 4 is 21.7 Å². The molecular formula is C29H50N4O12P2. The van der Waals surface area contributed by atoms with E-state index < -0.39 is 76.8 Å². The molecule has 7 atom stereocenters. The van der Waals surface area contributed by atoms with Crippen LogP contribution in [0.2, 0.25) is 0 Å². The number of rotatable bonds is 22. The molecule has 2 rings (SSSR count). The first-order valence-corrected chi connectivity index (χ1v) is 18.8. The Kier molecular flexibility index (Phi) is 17.6. The van der Waals surface area contributed by atoms with Crippen molar-refractivity contribution < 1.29 is 47.0 Å². The molecule has 1 aromatic heterocycles. The van der Waals surface area contributed by atoms with Crippen LogP contribution in [0.15, 0.2) is 15.8 Å². The molecule has 0 bridgehead atoms. The standard InChI is InChI=1S/C29H50N4O12P2/c1-10-43-47(9,38)18-23(41-17-22(35)16-34)24-25(45-46(42-12-11-30-7)33(19(2)3)20(4)5)26(40-14-13-39-8)28(44-24)32-15-21(6)27(36)31-29(32)37/h15,19-20,23-26,28,34H,10-14,16-18H2,1-6,8-9H3,(H,31,36,37)/t23-,24+,25+,26+,28+,46?,47?/m0/s1. The zero-order chi connectivity index (χ0) is 35.3. The van der Waals surface area contributed by atoms with Crippen molar-refractivity contribution in [1.82, 2.24) is 14.2 Å². The van der Waals surface area contributed by atoms with Crippen LogP contribution in [0.4, 0.5) is 0 Å². The van der Waals surface area contributed by atoms with Gasteiger partial charge in [-0.15, -0.1) is 0 Å². The third kappa shape index (κ3) is 12.2. The van der Waals surface area contributed by atoms with Gasteiger partial charge in [-0.1, -0.05) is 0 Å². The molecule has 1 fully saturated rings. The van der Waals surface area contributed by atoms with E-state index in [9.17, 15) is 24.1 Å². The maximum Gasteiger partial charge on any atom is 0.330 e. The molecule has 0 spiro atoms. The van der Waals surface area contributed by atoms with E-state index in [1.54, 1.807) is 6.92 Å². The van der Waals surface area contributed by atoms with Gasteiger partial charge in [0.25, 0.3) is 14.1 Å². The van der Waals surface area contributed by atoms with Gasteiger partial charge < -0.3 is 42.5 Å². The minimum Gasteiger partial charge on any atom is -0.388 e. The fourth-order valence-corrected chi connectivity index (χ4v) is 8.43. The number of aliphatic hydroxyl groups is 1. The van der Waals surface area contributed by atoms with E-state index in [0.717, 1.165) is 0 Å². The van der Waals surface area contributed by atoms with Gasteiger partial charge in [0.05, 0.1) is 32.1 Å². The second-order valence-corrected chi connectivity index (χ2v) is 15.6. The molecule has 1 aliphatic heterocycles. The fourth-order valence-electron chi connectivity index (χ4n) is 5.07. The maximum atomic E-state index is 13.5. The normalized spacial score (nSPS) is 22.4. The van der Waals surface area contributed by atoms with Gasteiger partial charge >= 0.3 is 5.69 Å². The summed E-state index contributed by atoms with van der Waals surface area (Å²) in [5.74, 6) is -0.625. The summed E-state index contributed by atoms with van der Waals surface area (Å²) in [6, 6.07) is -0.128. The van der Waals surface area contributed by atoms with Crippen LogP contribution in [0, 0.1) is 13.5 Å². The van der Waals surface area contributed by atoms with Crippen LogP contribution in [0.25, 0.3) is 4.85 Å². The predicted octanol–water partition coefficient (Wildman–Crippen LogP) is 2.33. The Labute approximate surface area is 277 Å². The molecule has 0 saturated carbocycles. The van der Waals surface area contributed by atoms with Gasteiger partial charge in [0.2, 0.25) is 13.9 Å². The van der Waals surface area contributed by atoms with E-state index in [-0.39, 0.29) is 56.8 Å². The van der Waals surface area contributed by atoms with Crippen LogP contribution in [0.3, 0.4) is 0 Å². The largest absolute Gasteiger partial charge is 0.388 e. The second kappa shape index (κ2) is 20.0. The Hall–Kier alpha value is -1.86. The van der Waals surface area contributed by atoms with Crippen molar-refractivity contribution in [3.05, 3.63) is 44.0 Å². The smallest absolute Gasteiger partial charge is 0.330 e. The average molecular weight is 709 g/mol. The number of aromatic amines is 1. The molecule has 2 N–H and O–H groups in total. The summed E-state index contributed by atoms with van der Waals surface area (Å²) in [5.41, 5.74) is -1.11. The van der Waals surface area contributed by atoms with Crippen LogP contribution < -0.4 is 11.2 Å². The first-order chi connectivity index (χ1) is 22.2. The number of carbonyl (C=O) groups excluding carboxylic acids is 1. The minimum absolute atomic E-state index is 0.0546. The first kappa shape index (κ1) is 41.3. The van der Waals surface area contributed by atoms with Gasteiger partial charge in [-0.05, 0) is 41.5 Å². The lowest BCUT2D eigenvalue weighted by Crippen LogP contribution is -2.46. The van der Waals surface area contributed by atoms with Gasteiger partial charge in [-0.3, -0.25) is 23.7 Å². The van der Waals surface area contributed by atoms with Crippen molar-refractivity contribution in [2.45, 2.75) is 84.3 Å². The second-order valence-electron chi connectivity index (χ2n) is 11.5. The van der Waals surface area contributed by atoms with Crippen LogP contribution >= 0.6 is 15.9 Å². The van der Waals surface area contributed by atoms with Crippen molar-refractivity contribution in [2.75, 3.05) is 66.1 Å². The molecule has 2 heterocycles. The van der Waals surface area contributed by atoms with Crippen molar-refractivity contribution in [2.24, 2.45) is 0 Å². The lowest BCUT2D eigenvalue weighted by atomic mass is 10.1. The summed E-state index contributed by atoms with van der Waals surface area (Å²) in [6.45, 7) is 19.0. The summed E-state index contributed by atoms with van der Waals surface area (Å²) in [6.07, 6.45) is -4.44. The molecule has 2 unspecified atom stereocenters. The number of aromatic nitrogens is 2. The number of ether oxygens (including phenoxy) is 4. The monoisotopic (exact) mass is 708 g/mol. The molecule has 16 nitrogen and oxygen atoms in total. The number of hydrogen-bond donors (Lipinski definition) is 2. The number of H-pyrrole nitrogens is 1. The number of nitrogens with zero attached hydrogens (tertiary/aromatic N) is 3. The van der Waals surface area contributed by atoms with Gasteiger partial charge in [-0.2, -0.15) is 0 Å². The lowest BCUT2D eigenvalue weighted by Gasteiger charge is -2.39. The Balaban J connectivity index is 2.79. The van der Waals surface area contributed by atoms with Crippen LogP contribution in [-0.2, 0) is 41.9 Å². The Morgan fingerprint density at radius 2 is 1.89 bits per heavy atom. The summed E-state index contributed by atoms with van der Waals surface area (Å²) in [7, 11) is -3.75. The number of methoxy groups -OCH3 is 1. The molecule has 0 amide bonds. The van der Waals surface area contributed by atoms with E-state index in [2.05, 4.69) is 9.83 Å². The minimum atomic E-state index is -3.34.